The summed E-state index contributed by atoms with van der Waals surface area (Å²) in [4.78, 5) is 12.4. The second-order valence-corrected chi connectivity index (χ2v) is 5.87. The first-order valence-corrected chi connectivity index (χ1v) is 7.99. The van der Waals surface area contributed by atoms with Crippen LogP contribution in [0.2, 0.25) is 0 Å². The van der Waals surface area contributed by atoms with E-state index in [1.54, 1.807) is 24.3 Å². The topological polar surface area (TPSA) is 66.6 Å². The second-order valence-electron chi connectivity index (χ2n) is 5.02. The van der Waals surface area contributed by atoms with Gasteiger partial charge < -0.3 is 9.67 Å². The first-order chi connectivity index (χ1) is 11.6. The summed E-state index contributed by atoms with van der Waals surface area (Å²) in [5.74, 6) is -0.148. The van der Waals surface area contributed by atoms with Crippen LogP contribution >= 0.6 is 15.9 Å². The van der Waals surface area contributed by atoms with E-state index in [9.17, 15) is 9.90 Å². The normalized spacial score (nSPS) is 10.9. The number of carbonyl (C=O) groups is 1. The maximum Gasteiger partial charge on any atom is 0.273 e. The highest BCUT2D eigenvalue weighted by Gasteiger charge is 2.10. The van der Waals surface area contributed by atoms with Crippen LogP contribution in [0.5, 0.6) is 5.75 Å². The molecule has 0 bridgehead atoms. The molecule has 1 amide bonds. The van der Waals surface area contributed by atoms with Gasteiger partial charge in [0.05, 0.1) is 21.9 Å². The van der Waals surface area contributed by atoms with E-state index in [2.05, 4.69) is 26.5 Å². The molecule has 0 aliphatic rings. The van der Waals surface area contributed by atoms with Crippen molar-refractivity contribution in [1.29, 1.82) is 0 Å². The molecule has 0 atom stereocenters. The van der Waals surface area contributed by atoms with Gasteiger partial charge in [-0.2, -0.15) is 5.10 Å². The minimum absolute atomic E-state index is 0.150. The van der Waals surface area contributed by atoms with Crippen LogP contribution in [0.25, 0.3) is 5.69 Å². The molecule has 0 unspecified atom stereocenters. The van der Waals surface area contributed by atoms with Crippen molar-refractivity contribution in [2.24, 2.45) is 5.10 Å². The molecule has 1 aromatic heterocycles. The van der Waals surface area contributed by atoms with Gasteiger partial charge in [-0.25, -0.2) is 5.43 Å². The van der Waals surface area contributed by atoms with Crippen molar-refractivity contribution >= 4 is 28.1 Å². The van der Waals surface area contributed by atoms with E-state index in [-0.39, 0.29) is 11.7 Å². The monoisotopic (exact) mass is 383 g/mol. The van der Waals surface area contributed by atoms with Crippen LogP contribution in [-0.2, 0) is 0 Å². The van der Waals surface area contributed by atoms with E-state index in [1.165, 1.54) is 6.21 Å². The number of aromatic nitrogens is 1. The molecule has 3 rings (SSSR count). The van der Waals surface area contributed by atoms with E-state index in [0.29, 0.717) is 10.0 Å². The molecule has 1 heterocycles. The van der Waals surface area contributed by atoms with Crippen LogP contribution in [0.15, 0.2) is 76.6 Å². The molecular formula is C18H14BrN3O2. The third-order valence-electron chi connectivity index (χ3n) is 3.38. The lowest BCUT2D eigenvalue weighted by Crippen LogP contribution is -2.19. The minimum Gasteiger partial charge on any atom is -0.507 e. The molecule has 0 aliphatic carbocycles. The molecule has 0 saturated carbocycles. The number of nitrogens with one attached hydrogen (secondary N) is 1. The summed E-state index contributed by atoms with van der Waals surface area (Å²) < 4.78 is 2.44. The van der Waals surface area contributed by atoms with Crippen molar-refractivity contribution in [1.82, 2.24) is 9.99 Å². The van der Waals surface area contributed by atoms with Crippen LogP contribution < -0.4 is 5.43 Å². The Morgan fingerprint density at radius 3 is 2.62 bits per heavy atom. The van der Waals surface area contributed by atoms with Gasteiger partial charge in [-0.1, -0.05) is 12.1 Å². The number of benzene rings is 2. The molecule has 120 valence electrons. The standard InChI is InChI=1S/C18H14BrN3O2/c19-15-11-13(7-8-17(15)23)12-20-21-18(24)14-5-1-2-6-16(14)22-9-3-4-10-22/h1-12,23H,(H,21,24)/b20-12+. The number of hydrogen-bond acceptors (Lipinski definition) is 3. The Morgan fingerprint density at radius 2 is 1.88 bits per heavy atom. The summed E-state index contributed by atoms with van der Waals surface area (Å²) in [5, 5.41) is 13.4. The number of amides is 1. The second kappa shape index (κ2) is 7.14. The lowest BCUT2D eigenvalue weighted by Gasteiger charge is -2.09. The molecule has 0 radical (unpaired) electrons. The van der Waals surface area contributed by atoms with Crippen molar-refractivity contribution in [3.8, 4) is 11.4 Å². The number of carbonyl (C=O) groups excluding carboxylic acids is 1. The number of halogens is 1. The fourth-order valence-corrected chi connectivity index (χ4v) is 2.61. The van der Waals surface area contributed by atoms with Gasteiger partial charge in [0.1, 0.15) is 5.75 Å². The quantitative estimate of drug-likeness (QED) is 0.532. The van der Waals surface area contributed by atoms with Crippen LogP contribution in [0, 0.1) is 0 Å². The van der Waals surface area contributed by atoms with Gasteiger partial charge in [0.15, 0.2) is 0 Å². The Labute approximate surface area is 147 Å². The van der Waals surface area contributed by atoms with E-state index < -0.39 is 0 Å². The number of para-hydroxylation sites is 1. The third-order valence-corrected chi connectivity index (χ3v) is 4.02. The summed E-state index contributed by atoms with van der Waals surface area (Å²) in [5.41, 5.74) is 4.58. The zero-order valence-electron chi connectivity index (χ0n) is 12.6. The number of phenols is 1. The first kappa shape index (κ1) is 16.0. The molecule has 0 fully saturated rings. The van der Waals surface area contributed by atoms with Crippen molar-refractivity contribution in [2.75, 3.05) is 0 Å². The highest BCUT2D eigenvalue weighted by Crippen LogP contribution is 2.23. The molecule has 2 aromatic carbocycles. The van der Waals surface area contributed by atoms with Crippen LogP contribution in [0.4, 0.5) is 0 Å². The molecular weight excluding hydrogens is 370 g/mol. The number of hydrogen-bond donors (Lipinski definition) is 2. The van der Waals surface area contributed by atoms with Crippen molar-refractivity contribution in [3.63, 3.8) is 0 Å². The van der Waals surface area contributed by atoms with Crippen molar-refractivity contribution in [2.45, 2.75) is 0 Å². The zero-order valence-corrected chi connectivity index (χ0v) is 14.1. The van der Waals surface area contributed by atoms with Gasteiger partial charge in [-0.3, -0.25) is 4.79 Å². The molecule has 0 aliphatic heterocycles. The van der Waals surface area contributed by atoms with Gasteiger partial charge >= 0.3 is 0 Å². The van der Waals surface area contributed by atoms with E-state index in [4.69, 9.17) is 0 Å². The summed E-state index contributed by atoms with van der Waals surface area (Å²) in [6.45, 7) is 0. The van der Waals surface area contributed by atoms with Gasteiger partial charge in [-0.05, 0) is 64.0 Å². The van der Waals surface area contributed by atoms with Crippen molar-refractivity contribution in [3.05, 3.63) is 82.6 Å². The van der Waals surface area contributed by atoms with Gasteiger partial charge in [0, 0.05) is 12.4 Å². The minimum atomic E-state index is -0.298. The van der Waals surface area contributed by atoms with Crippen LogP contribution in [0.1, 0.15) is 15.9 Å². The zero-order chi connectivity index (χ0) is 16.9. The number of rotatable bonds is 4. The number of aromatic hydroxyl groups is 1. The van der Waals surface area contributed by atoms with E-state index >= 15 is 0 Å². The maximum absolute atomic E-state index is 12.4. The number of phenolic OH excluding ortho intramolecular Hbond substituents is 1. The predicted octanol–water partition coefficient (Wildman–Crippen LogP) is 3.71. The van der Waals surface area contributed by atoms with Gasteiger partial charge in [0.25, 0.3) is 5.91 Å². The highest BCUT2D eigenvalue weighted by molar-refractivity contribution is 9.10. The fraction of sp³-hybridized carbons (Fsp3) is 0. The summed E-state index contributed by atoms with van der Waals surface area (Å²) >= 11 is 3.23. The SMILES string of the molecule is O=C(N/N=C/c1ccc(O)c(Br)c1)c1ccccc1-n1cccc1. The Bertz CT molecular complexity index is 889. The van der Waals surface area contributed by atoms with E-state index in [1.807, 2.05) is 47.3 Å². The lowest BCUT2D eigenvalue weighted by atomic mass is 10.1. The molecule has 6 heteroatoms. The summed E-state index contributed by atoms with van der Waals surface area (Å²) in [7, 11) is 0. The number of nitrogens with zero attached hydrogens (tertiary/aromatic N) is 2. The molecule has 2 N–H and O–H groups in total. The van der Waals surface area contributed by atoms with Gasteiger partial charge in [0.2, 0.25) is 0 Å². The Hall–Kier alpha value is -2.86. The Kier molecular flexibility index (Phi) is 4.77. The average molecular weight is 384 g/mol. The Morgan fingerprint density at radius 1 is 1.12 bits per heavy atom. The molecule has 24 heavy (non-hydrogen) atoms. The van der Waals surface area contributed by atoms with Crippen LogP contribution in [-0.4, -0.2) is 21.8 Å². The Balaban J connectivity index is 1.76. The molecule has 0 spiro atoms. The molecule has 3 aromatic rings. The van der Waals surface area contributed by atoms with Gasteiger partial charge in [-0.15, -0.1) is 0 Å². The lowest BCUT2D eigenvalue weighted by molar-refractivity contribution is 0.0955. The third kappa shape index (κ3) is 3.55. The summed E-state index contributed by atoms with van der Waals surface area (Å²) in [6, 6.07) is 16.1. The van der Waals surface area contributed by atoms with Crippen molar-refractivity contribution < 1.29 is 9.90 Å². The molecule has 0 saturated heterocycles. The highest BCUT2D eigenvalue weighted by atomic mass is 79.9. The smallest absolute Gasteiger partial charge is 0.273 e. The molecule has 5 nitrogen and oxygen atoms in total. The fourth-order valence-electron chi connectivity index (χ4n) is 2.22. The summed E-state index contributed by atoms with van der Waals surface area (Å²) in [6.07, 6.45) is 5.27. The van der Waals surface area contributed by atoms with E-state index in [0.717, 1.165) is 11.3 Å². The largest absolute Gasteiger partial charge is 0.507 e. The maximum atomic E-state index is 12.4. The number of hydrazone groups is 1. The predicted molar refractivity (Wildman–Crippen MR) is 96.6 cm³/mol. The average Bonchev–Trinajstić information content (AvgIpc) is 3.12. The first-order valence-electron chi connectivity index (χ1n) is 7.19. The van der Waals surface area contributed by atoms with Crippen LogP contribution in [0.3, 0.4) is 0 Å².